The lowest BCUT2D eigenvalue weighted by Crippen LogP contribution is -2.13. The van der Waals surface area contributed by atoms with Crippen LogP contribution in [0.15, 0.2) is 18.2 Å². The molecule has 0 aliphatic carbocycles. The Bertz CT molecular complexity index is 423. The maximum atomic E-state index is 12.1. The zero-order valence-corrected chi connectivity index (χ0v) is 12.8. The van der Waals surface area contributed by atoms with Crippen LogP contribution in [0.4, 0.5) is 0 Å². The van der Waals surface area contributed by atoms with Crippen molar-refractivity contribution >= 4 is 5.97 Å². The van der Waals surface area contributed by atoms with E-state index in [0.29, 0.717) is 18.4 Å². The van der Waals surface area contributed by atoms with Gasteiger partial charge in [0, 0.05) is 0 Å². The predicted octanol–water partition coefficient (Wildman–Crippen LogP) is 4.89. The van der Waals surface area contributed by atoms with E-state index in [9.17, 15) is 4.79 Å². The summed E-state index contributed by atoms with van der Waals surface area (Å²) in [5, 5.41) is 0. The van der Waals surface area contributed by atoms with Crippen LogP contribution in [0.1, 0.15) is 80.8 Å². The van der Waals surface area contributed by atoms with Crippen LogP contribution in [-0.2, 0) is 4.74 Å². The lowest BCUT2D eigenvalue weighted by atomic mass is 9.83. The van der Waals surface area contributed by atoms with Crippen molar-refractivity contribution in [2.45, 2.75) is 59.3 Å². The second kappa shape index (κ2) is 7.32. The van der Waals surface area contributed by atoms with E-state index in [-0.39, 0.29) is 5.97 Å². The SMILES string of the molecule is CCOC(=O)c1cccc(C(C)CC)c1C(C)CC. The van der Waals surface area contributed by atoms with Gasteiger partial charge in [-0.1, -0.05) is 39.8 Å². The summed E-state index contributed by atoms with van der Waals surface area (Å²) in [6.07, 6.45) is 2.11. The number of carbonyl (C=O) groups is 1. The number of rotatable bonds is 6. The highest BCUT2D eigenvalue weighted by molar-refractivity contribution is 5.91. The summed E-state index contributed by atoms with van der Waals surface area (Å²) < 4.78 is 5.19. The number of benzene rings is 1. The Balaban J connectivity index is 3.34. The highest BCUT2D eigenvalue weighted by Crippen LogP contribution is 2.33. The minimum atomic E-state index is -0.192. The fraction of sp³-hybridized carbons (Fsp3) is 0.588. The van der Waals surface area contributed by atoms with Crippen molar-refractivity contribution in [1.29, 1.82) is 0 Å². The van der Waals surface area contributed by atoms with Gasteiger partial charge in [-0.15, -0.1) is 0 Å². The maximum absolute atomic E-state index is 12.1. The molecule has 1 rings (SSSR count). The van der Waals surface area contributed by atoms with Crippen molar-refractivity contribution < 1.29 is 9.53 Å². The van der Waals surface area contributed by atoms with Crippen molar-refractivity contribution in [3.8, 4) is 0 Å². The largest absolute Gasteiger partial charge is 0.462 e. The van der Waals surface area contributed by atoms with Gasteiger partial charge in [-0.05, 0) is 48.8 Å². The van der Waals surface area contributed by atoms with E-state index in [1.807, 2.05) is 19.1 Å². The summed E-state index contributed by atoms with van der Waals surface area (Å²) in [4.78, 5) is 12.1. The van der Waals surface area contributed by atoms with Gasteiger partial charge in [0.05, 0.1) is 12.2 Å². The van der Waals surface area contributed by atoms with Gasteiger partial charge in [0.25, 0.3) is 0 Å². The van der Waals surface area contributed by atoms with Crippen molar-refractivity contribution in [1.82, 2.24) is 0 Å². The normalized spacial score (nSPS) is 13.9. The molecular weight excluding hydrogens is 236 g/mol. The fourth-order valence-electron chi connectivity index (χ4n) is 2.37. The van der Waals surface area contributed by atoms with Gasteiger partial charge in [-0.25, -0.2) is 4.79 Å². The number of hydrogen-bond donors (Lipinski definition) is 0. The number of ether oxygens (including phenoxy) is 1. The van der Waals surface area contributed by atoms with E-state index in [4.69, 9.17) is 4.74 Å². The molecule has 0 saturated carbocycles. The van der Waals surface area contributed by atoms with Crippen LogP contribution in [-0.4, -0.2) is 12.6 Å². The minimum absolute atomic E-state index is 0.192. The molecule has 0 radical (unpaired) electrons. The Kier molecular flexibility index (Phi) is 6.07. The molecule has 19 heavy (non-hydrogen) atoms. The van der Waals surface area contributed by atoms with Crippen LogP contribution in [0.5, 0.6) is 0 Å². The Morgan fingerprint density at radius 2 is 1.74 bits per heavy atom. The molecule has 0 aromatic heterocycles. The van der Waals surface area contributed by atoms with Gasteiger partial charge in [0.2, 0.25) is 0 Å². The molecule has 0 aliphatic heterocycles. The van der Waals surface area contributed by atoms with E-state index in [0.717, 1.165) is 18.4 Å². The Morgan fingerprint density at radius 1 is 1.11 bits per heavy atom. The molecule has 1 aromatic carbocycles. The third-order valence-electron chi connectivity index (χ3n) is 3.88. The molecule has 0 spiro atoms. The monoisotopic (exact) mass is 262 g/mol. The molecule has 2 heteroatoms. The van der Waals surface area contributed by atoms with Crippen LogP contribution in [0.25, 0.3) is 0 Å². The molecule has 0 amide bonds. The Labute approximate surface area is 117 Å². The highest BCUT2D eigenvalue weighted by Gasteiger charge is 2.21. The third kappa shape index (κ3) is 3.59. The number of hydrogen-bond acceptors (Lipinski definition) is 2. The van der Waals surface area contributed by atoms with Gasteiger partial charge in [0.15, 0.2) is 0 Å². The van der Waals surface area contributed by atoms with E-state index < -0.39 is 0 Å². The molecule has 0 bridgehead atoms. The molecule has 0 aliphatic rings. The second-order valence-electron chi connectivity index (χ2n) is 5.15. The summed E-state index contributed by atoms with van der Waals surface area (Å²) in [6, 6.07) is 6.02. The first-order valence-corrected chi connectivity index (χ1v) is 7.36. The van der Waals surface area contributed by atoms with E-state index >= 15 is 0 Å². The third-order valence-corrected chi connectivity index (χ3v) is 3.88. The summed E-state index contributed by atoms with van der Waals surface area (Å²) in [5.74, 6) is 0.658. The highest BCUT2D eigenvalue weighted by atomic mass is 16.5. The topological polar surface area (TPSA) is 26.3 Å². The van der Waals surface area contributed by atoms with Crippen molar-refractivity contribution in [3.05, 3.63) is 34.9 Å². The summed E-state index contributed by atoms with van der Waals surface area (Å²) in [7, 11) is 0. The second-order valence-corrected chi connectivity index (χ2v) is 5.15. The number of carbonyl (C=O) groups excluding carboxylic acids is 1. The van der Waals surface area contributed by atoms with E-state index in [1.165, 1.54) is 11.1 Å². The lowest BCUT2D eigenvalue weighted by Gasteiger charge is -2.22. The van der Waals surface area contributed by atoms with Gasteiger partial charge in [-0.3, -0.25) is 0 Å². The first-order chi connectivity index (χ1) is 9.06. The Hall–Kier alpha value is -1.31. The van der Waals surface area contributed by atoms with Gasteiger partial charge >= 0.3 is 5.97 Å². The number of esters is 1. The smallest absolute Gasteiger partial charge is 0.338 e. The zero-order chi connectivity index (χ0) is 14.4. The average molecular weight is 262 g/mol. The van der Waals surface area contributed by atoms with Crippen LogP contribution in [0.3, 0.4) is 0 Å². The lowest BCUT2D eigenvalue weighted by molar-refractivity contribution is 0.0524. The van der Waals surface area contributed by atoms with E-state index in [2.05, 4.69) is 33.8 Å². The molecule has 2 unspecified atom stereocenters. The molecule has 2 nitrogen and oxygen atoms in total. The van der Waals surface area contributed by atoms with Gasteiger partial charge in [-0.2, -0.15) is 0 Å². The van der Waals surface area contributed by atoms with Crippen LogP contribution < -0.4 is 0 Å². The molecule has 1 aromatic rings. The minimum Gasteiger partial charge on any atom is -0.462 e. The van der Waals surface area contributed by atoms with Crippen LogP contribution >= 0.6 is 0 Å². The molecule has 0 fully saturated rings. The molecule has 0 N–H and O–H groups in total. The first kappa shape index (κ1) is 15.7. The maximum Gasteiger partial charge on any atom is 0.338 e. The van der Waals surface area contributed by atoms with Crippen molar-refractivity contribution in [2.75, 3.05) is 6.61 Å². The summed E-state index contributed by atoms with van der Waals surface area (Å²) in [6.45, 7) is 11.0. The molecule has 0 saturated heterocycles. The van der Waals surface area contributed by atoms with Gasteiger partial charge < -0.3 is 4.74 Å². The van der Waals surface area contributed by atoms with Crippen molar-refractivity contribution in [3.63, 3.8) is 0 Å². The van der Waals surface area contributed by atoms with E-state index in [1.54, 1.807) is 0 Å². The van der Waals surface area contributed by atoms with Gasteiger partial charge in [0.1, 0.15) is 0 Å². The molecule has 2 atom stereocenters. The summed E-state index contributed by atoms with van der Waals surface area (Å²) in [5.41, 5.74) is 3.22. The standard InChI is InChI=1S/C17H26O2/c1-6-12(4)14-10-9-11-15(17(18)19-8-3)16(14)13(5)7-2/h9-13H,6-8H2,1-5H3. The van der Waals surface area contributed by atoms with Crippen LogP contribution in [0, 0.1) is 0 Å². The van der Waals surface area contributed by atoms with Crippen molar-refractivity contribution in [2.24, 2.45) is 0 Å². The van der Waals surface area contributed by atoms with Crippen LogP contribution in [0.2, 0.25) is 0 Å². The predicted molar refractivity (Wildman–Crippen MR) is 79.8 cm³/mol. The summed E-state index contributed by atoms with van der Waals surface area (Å²) >= 11 is 0. The average Bonchev–Trinajstić information content (AvgIpc) is 2.44. The first-order valence-electron chi connectivity index (χ1n) is 7.36. The molecule has 106 valence electrons. The Morgan fingerprint density at radius 3 is 2.26 bits per heavy atom. The molecule has 0 heterocycles. The fourth-order valence-corrected chi connectivity index (χ4v) is 2.37. The zero-order valence-electron chi connectivity index (χ0n) is 12.8. The quantitative estimate of drug-likeness (QED) is 0.682. The molecular formula is C17H26O2.